The highest BCUT2D eigenvalue weighted by Gasteiger charge is 2.35. The summed E-state index contributed by atoms with van der Waals surface area (Å²) in [7, 11) is 1.79. The zero-order valence-electron chi connectivity index (χ0n) is 17.9. The van der Waals surface area contributed by atoms with Gasteiger partial charge in [-0.15, -0.1) is 0 Å². The van der Waals surface area contributed by atoms with E-state index in [4.69, 9.17) is 11.6 Å². The molecule has 4 rings (SSSR count). The third kappa shape index (κ3) is 5.60. The van der Waals surface area contributed by atoms with E-state index in [1.165, 1.54) is 23.4 Å². The van der Waals surface area contributed by atoms with Crippen molar-refractivity contribution in [2.24, 2.45) is 0 Å². The third-order valence-electron chi connectivity index (χ3n) is 5.29. The lowest BCUT2D eigenvalue weighted by Crippen LogP contribution is -2.43. The number of hydrogen-bond acceptors (Lipinski definition) is 5. The van der Waals surface area contributed by atoms with E-state index in [0.717, 1.165) is 29.0 Å². The number of likely N-dealkylation sites (N-methyl/N-ethyl adjacent to an activating group) is 1. The fourth-order valence-electron chi connectivity index (χ4n) is 3.78. The molecule has 0 fully saturated rings. The Hall–Kier alpha value is -3.20. The molecule has 0 aliphatic heterocycles. The highest BCUT2D eigenvalue weighted by molar-refractivity contribution is 6.30. The van der Waals surface area contributed by atoms with Crippen LogP contribution in [0.3, 0.4) is 0 Å². The molecular formula is C24H22ClF2N5O. The van der Waals surface area contributed by atoms with Crippen LogP contribution in [0.2, 0.25) is 5.02 Å². The zero-order chi connectivity index (χ0) is 23.4. The van der Waals surface area contributed by atoms with Crippen LogP contribution in [0, 0.1) is 11.6 Å². The van der Waals surface area contributed by atoms with Crippen LogP contribution in [0.5, 0.6) is 0 Å². The summed E-state index contributed by atoms with van der Waals surface area (Å²) in [6.45, 7) is 0.405. The molecule has 9 heteroatoms. The monoisotopic (exact) mass is 469 g/mol. The van der Waals surface area contributed by atoms with Crippen molar-refractivity contribution < 1.29 is 13.9 Å². The Morgan fingerprint density at radius 3 is 2.45 bits per heavy atom. The molecule has 0 spiro atoms. The molecule has 170 valence electrons. The molecule has 1 atom stereocenters. The molecule has 2 aromatic heterocycles. The Balaban J connectivity index is 1.52. The van der Waals surface area contributed by atoms with Crippen molar-refractivity contribution in [2.45, 2.75) is 18.7 Å². The minimum Gasteiger partial charge on any atom is -0.382 e. The predicted octanol–water partition coefficient (Wildman–Crippen LogP) is 4.29. The van der Waals surface area contributed by atoms with Crippen molar-refractivity contribution in [3.63, 3.8) is 0 Å². The minimum atomic E-state index is -1.68. The molecule has 2 aromatic carbocycles. The van der Waals surface area contributed by atoms with Crippen molar-refractivity contribution in [1.29, 1.82) is 0 Å². The van der Waals surface area contributed by atoms with Crippen LogP contribution in [-0.2, 0) is 18.7 Å². The molecule has 4 aromatic rings. The summed E-state index contributed by atoms with van der Waals surface area (Å²) in [5.41, 5.74) is 1.04. The first-order valence-electron chi connectivity index (χ1n) is 10.2. The molecular weight excluding hydrogens is 448 g/mol. The number of halogens is 3. The van der Waals surface area contributed by atoms with Gasteiger partial charge in [0.15, 0.2) is 0 Å². The van der Waals surface area contributed by atoms with E-state index in [-0.39, 0.29) is 18.7 Å². The topological polar surface area (TPSA) is 67.1 Å². The SMILES string of the molecule is CN(Cc1ccc(-c2ccc(Cl)cc2)cn1)CC(O)(Cn1cncn1)c1ccc(F)cc1F. The standard InChI is InChI=1S/C24H22ClF2N5O/c1-31(12-21-8-4-18(11-29-21)17-2-5-19(25)6-3-17)13-24(33,14-32-16-28-15-30-32)22-9-7-20(26)10-23(22)27/h2-11,15-16,33H,12-14H2,1H3. The van der Waals surface area contributed by atoms with Crippen LogP contribution >= 0.6 is 11.6 Å². The maximum Gasteiger partial charge on any atom is 0.137 e. The quantitative estimate of drug-likeness (QED) is 0.417. The van der Waals surface area contributed by atoms with E-state index >= 15 is 0 Å². The molecule has 0 radical (unpaired) electrons. The Labute approximate surface area is 195 Å². The minimum absolute atomic E-state index is 0.0164. The van der Waals surface area contributed by atoms with Gasteiger partial charge in [-0.1, -0.05) is 35.9 Å². The number of aromatic nitrogens is 4. The molecule has 1 unspecified atom stereocenters. The van der Waals surface area contributed by atoms with Gasteiger partial charge in [0.05, 0.1) is 12.2 Å². The second-order valence-electron chi connectivity index (χ2n) is 7.97. The lowest BCUT2D eigenvalue weighted by atomic mass is 9.92. The van der Waals surface area contributed by atoms with Crippen molar-refractivity contribution in [1.82, 2.24) is 24.6 Å². The van der Waals surface area contributed by atoms with E-state index in [0.29, 0.717) is 11.6 Å². The lowest BCUT2D eigenvalue weighted by Gasteiger charge is -2.33. The number of pyridine rings is 1. The summed E-state index contributed by atoms with van der Waals surface area (Å²) in [4.78, 5) is 10.2. The molecule has 2 heterocycles. The lowest BCUT2D eigenvalue weighted by molar-refractivity contribution is -0.0177. The van der Waals surface area contributed by atoms with Gasteiger partial charge in [-0.25, -0.2) is 18.4 Å². The Kier molecular flexibility index (Phi) is 6.78. The highest BCUT2D eigenvalue weighted by atomic mass is 35.5. The second kappa shape index (κ2) is 9.74. The van der Waals surface area contributed by atoms with E-state index < -0.39 is 17.2 Å². The van der Waals surface area contributed by atoms with Crippen LogP contribution < -0.4 is 0 Å². The first kappa shape index (κ1) is 23.0. The van der Waals surface area contributed by atoms with Crippen LogP contribution in [0.15, 0.2) is 73.4 Å². The summed E-state index contributed by atoms with van der Waals surface area (Å²) in [6.07, 6.45) is 4.54. The number of hydrogen-bond donors (Lipinski definition) is 1. The van der Waals surface area contributed by atoms with E-state index in [2.05, 4.69) is 15.1 Å². The van der Waals surface area contributed by atoms with Crippen LogP contribution in [0.1, 0.15) is 11.3 Å². The van der Waals surface area contributed by atoms with Gasteiger partial charge >= 0.3 is 0 Å². The summed E-state index contributed by atoms with van der Waals surface area (Å²) < 4.78 is 29.5. The molecule has 33 heavy (non-hydrogen) atoms. The molecule has 6 nitrogen and oxygen atoms in total. The number of aliphatic hydroxyl groups is 1. The van der Waals surface area contributed by atoms with Crippen LogP contribution in [-0.4, -0.2) is 43.3 Å². The smallest absolute Gasteiger partial charge is 0.137 e. The van der Waals surface area contributed by atoms with Crippen molar-refractivity contribution in [3.8, 4) is 11.1 Å². The van der Waals surface area contributed by atoms with Crippen LogP contribution in [0.4, 0.5) is 8.78 Å². The Morgan fingerprint density at radius 2 is 1.82 bits per heavy atom. The summed E-state index contributed by atoms with van der Waals surface area (Å²) in [5.74, 6) is -1.53. The van der Waals surface area contributed by atoms with Crippen molar-refractivity contribution in [3.05, 3.63) is 101 Å². The maximum atomic E-state index is 14.6. The maximum absolute atomic E-state index is 14.6. The largest absolute Gasteiger partial charge is 0.382 e. The average molecular weight is 470 g/mol. The third-order valence-corrected chi connectivity index (χ3v) is 5.54. The predicted molar refractivity (Wildman–Crippen MR) is 121 cm³/mol. The zero-order valence-corrected chi connectivity index (χ0v) is 18.6. The highest BCUT2D eigenvalue weighted by Crippen LogP contribution is 2.28. The van der Waals surface area contributed by atoms with Gasteiger partial charge in [-0.05, 0) is 36.9 Å². The van der Waals surface area contributed by atoms with E-state index in [1.54, 1.807) is 13.2 Å². The Morgan fingerprint density at radius 1 is 1.06 bits per heavy atom. The normalized spacial score (nSPS) is 13.3. The van der Waals surface area contributed by atoms with Gasteiger partial charge in [-0.2, -0.15) is 5.10 Å². The fraction of sp³-hybridized carbons (Fsp3) is 0.208. The molecule has 0 aliphatic carbocycles. The van der Waals surface area contributed by atoms with Gasteiger partial charge in [0.25, 0.3) is 0 Å². The number of rotatable bonds is 8. The van der Waals surface area contributed by atoms with E-state index in [9.17, 15) is 13.9 Å². The molecule has 0 saturated heterocycles. The molecule has 1 N–H and O–H groups in total. The van der Waals surface area contributed by atoms with Gasteiger partial charge < -0.3 is 5.11 Å². The van der Waals surface area contributed by atoms with Gasteiger partial charge in [0.1, 0.15) is 29.9 Å². The molecule has 0 bridgehead atoms. The number of nitrogens with zero attached hydrogens (tertiary/aromatic N) is 5. The Bertz CT molecular complexity index is 1200. The summed E-state index contributed by atoms with van der Waals surface area (Å²) in [5, 5.41) is 16.2. The first-order chi connectivity index (χ1) is 15.8. The molecule has 0 saturated carbocycles. The first-order valence-corrected chi connectivity index (χ1v) is 10.6. The van der Waals surface area contributed by atoms with Crippen molar-refractivity contribution >= 4 is 11.6 Å². The van der Waals surface area contributed by atoms with Crippen LogP contribution in [0.25, 0.3) is 11.1 Å². The van der Waals surface area contributed by atoms with Gasteiger partial charge in [0, 0.05) is 41.5 Å². The summed E-state index contributed by atoms with van der Waals surface area (Å²) in [6, 6.07) is 14.5. The van der Waals surface area contributed by atoms with Gasteiger partial charge in [-0.3, -0.25) is 9.88 Å². The van der Waals surface area contributed by atoms with Gasteiger partial charge in [0.2, 0.25) is 0 Å². The fourth-order valence-corrected chi connectivity index (χ4v) is 3.91. The molecule has 0 aliphatic rings. The average Bonchev–Trinajstić information content (AvgIpc) is 3.27. The summed E-state index contributed by atoms with van der Waals surface area (Å²) >= 11 is 5.95. The van der Waals surface area contributed by atoms with E-state index in [1.807, 2.05) is 41.3 Å². The van der Waals surface area contributed by atoms with Crippen molar-refractivity contribution in [2.75, 3.05) is 13.6 Å². The number of benzene rings is 2. The second-order valence-corrected chi connectivity index (χ2v) is 8.40. The molecule has 0 amide bonds.